The lowest BCUT2D eigenvalue weighted by molar-refractivity contribution is -0.403. The van der Waals surface area contributed by atoms with Crippen molar-refractivity contribution in [1.29, 1.82) is 0 Å². The van der Waals surface area contributed by atoms with Crippen molar-refractivity contribution < 1.29 is 4.58 Å². The van der Waals surface area contributed by atoms with E-state index in [4.69, 9.17) is 0 Å². The predicted octanol–water partition coefficient (Wildman–Crippen LogP) is 5.53. The molecule has 0 fully saturated rings. The molecule has 0 N–H and O–H groups in total. The second-order valence-electron chi connectivity index (χ2n) is 7.03. The monoisotopic (exact) mass is 300 g/mol. The van der Waals surface area contributed by atoms with Crippen molar-refractivity contribution >= 4 is 22.2 Å². The summed E-state index contributed by atoms with van der Waals surface area (Å²) in [5.41, 5.74) is 6.86. The number of benzene rings is 3. The summed E-state index contributed by atoms with van der Waals surface area (Å²) in [5.74, 6) is 0. The van der Waals surface area contributed by atoms with Gasteiger partial charge in [0, 0.05) is 18.6 Å². The van der Waals surface area contributed by atoms with E-state index in [1.54, 1.807) is 0 Å². The molecule has 1 heteroatoms. The van der Waals surface area contributed by atoms with Crippen molar-refractivity contribution in [3.8, 4) is 11.1 Å². The molecular formula is C22H22N+. The van der Waals surface area contributed by atoms with Gasteiger partial charge in [0.1, 0.15) is 7.05 Å². The minimum Gasteiger partial charge on any atom is -0.202 e. The Balaban J connectivity index is 1.95. The van der Waals surface area contributed by atoms with Crippen LogP contribution in [0.15, 0.2) is 60.7 Å². The molecule has 0 atom stereocenters. The van der Waals surface area contributed by atoms with Gasteiger partial charge in [-0.25, -0.2) is 4.58 Å². The third-order valence-electron chi connectivity index (χ3n) is 5.54. The second kappa shape index (κ2) is 4.79. The number of hydrogen-bond donors (Lipinski definition) is 0. The number of hydrogen-bond acceptors (Lipinski definition) is 0. The summed E-state index contributed by atoms with van der Waals surface area (Å²) in [6.07, 6.45) is 0. The highest BCUT2D eigenvalue weighted by Gasteiger charge is 2.41. The van der Waals surface area contributed by atoms with Gasteiger partial charge in [-0.05, 0) is 47.9 Å². The maximum atomic E-state index is 2.38. The van der Waals surface area contributed by atoms with E-state index in [-0.39, 0.29) is 5.41 Å². The normalized spacial score (nSPS) is 16.0. The van der Waals surface area contributed by atoms with E-state index in [0.29, 0.717) is 0 Å². The van der Waals surface area contributed by atoms with Gasteiger partial charge in [-0.3, -0.25) is 0 Å². The smallest absolute Gasteiger partial charge is 0.202 e. The minimum atomic E-state index is 0.0880. The van der Waals surface area contributed by atoms with E-state index >= 15 is 0 Å². The van der Waals surface area contributed by atoms with Gasteiger partial charge in [0.05, 0.1) is 5.41 Å². The van der Waals surface area contributed by atoms with E-state index < -0.39 is 0 Å². The van der Waals surface area contributed by atoms with Crippen LogP contribution in [0.5, 0.6) is 0 Å². The Morgan fingerprint density at radius 2 is 1.61 bits per heavy atom. The molecule has 0 amide bonds. The maximum Gasteiger partial charge on any atom is 0.209 e. The zero-order chi connectivity index (χ0) is 16.2. The van der Waals surface area contributed by atoms with Crippen LogP contribution in [-0.2, 0) is 5.41 Å². The second-order valence-corrected chi connectivity index (χ2v) is 7.03. The molecule has 0 unspecified atom stereocenters. The Morgan fingerprint density at radius 1 is 0.870 bits per heavy atom. The van der Waals surface area contributed by atoms with Crippen LogP contribution in [-0.4, -0.2) is 17.3 Å². The summed E-state index contributed by atoms with van der Waals surface area (Å²) in [5, 5.41) is 2.62. The van der Waals surface area contributed by atoms with Gasteiger partial charge in [0.2, 0.25) is 5.69 Å². The first-order valence-corrected chi connectivity index (χ1v) is 8.20. The number of fused-ring (bicyclic) bond motifs is 2. The molecule has 0 saturated carbocycles. The molecule has 3 aromatic rings. The third-order valence-corrected chi connectivity index (χ3v) is 5.54. The van der Waals surface area contributed by atoms with Crippen LogP contribution in [0.4, 0.5) is 5.69 Å². The number of nitrogens with zero attached hydrogens (tertiary/aromatic N) is 1. The summed E-state index contributed by atoms with van der Waals surface area (Å²) >= 11 is 0. The first-order chi connectivity index (χ1) is 11.0. The molecule has 0 radical (unpaired) electrons. The fraction of sp³-hybridized carbons (Fsp3) is 0.227. The molecule has 1 aliphatic rings. The molecular weight excluding hydrogens is 278 g/mol. The fourth-order valence-electron chi connectivity index (χ4n) is 3.77. The van der Waals surface area contributed by atoms with Crippen molar-refractivity contribution in [2.75, 3.05) is 7.05 Å². The van der Waals surface area contributed by atoms with Crippen LogP contribution in [0.3, 0.4) is 0 Å². The molecule has 0 saturated heterocycles. The average Bonchev–Trinajstić information content (AvgIpc) is 2.75. The summed E-state index contributed by atoms with van der Waals surface area (Å²) in [6, 6.07) is 22.1. The standard InChI is InChI=1S/C22H22N/c1-15-22(2,3)20-14-17(12-13-21(20)23(15)4)19-11-7-9-16-8-5-6-10-18(16)19/h5-14H,1-4H3/q+1. The average molecular weight is 300 g/mol. The Labute approximate surface area is 137 Å². The van der Waals surface area contributed by atoms with E-state index in [0.717, 1.165) is 0 Å². The molecule has 23 heavy (non-hydrogen) atoms. The SMILES string of the molecule is CC1=[N+](C)c2ccc(-c3cccc4ccccc34)cc2C1(C)C. The van der Waals surface area contributed by atoms with Crippen molar-refractivity contribution in [1.82, 2.24) is 0 Å². The van der Waals surface area contributed by atoms with E-state index in [1.165, 1.54) is 38.9 Å². The van der Waals surface area contributed by atoms with Crippen molar-refractivity contribution in [3.05, 3.63) is 66.2 Å². The van der Waals surface area contributed by atoms with Crippen LogP contribution in [0, 0.1) is 0 Å². The van der Waals surface area contributed by atoms with E-state index in [2.05, 4.69) is 93.1 Å². The van der Waals surface area contributed by atoms with Gasteiger partial charge in [-0.15, -0.1) is 0 Å². The summed E-state index contributed by atoms with van der Waals surface area (Å²) in [6.45, 7) is 6.87. The molecule has 0 aliphatic carbocycles. The highest BCUT2D eigenvalue weighted by molar-refractivity contribution is 5.98. The highest BCUT2D eigenvalue weighted by Crippen LogP contribution is 2.41. The lowest BCUT2D eigenvalue weighted by Crippen LogP contribution is -2.25. The Kier molecular flexibility index (Phi) is 2.96. The van der Waals surface area contributed by atoms with Gasteiger partial charge in [-0.2, -0.15) is 0 Å². The van der Waals surface area contributed by atoms with Crippen LogP contribution in [0.1, 0.15) is 26.3 Å². The summed E-state index contributed by atoms with van der Waals surface area (Å²) in [7, 11) is 2.17. The van der Waals surface area contributed by atoms with E-state index in [1.807, 2.05) is 0 Å². The Hall–Kier alpha value is -2.41. The minimum absolute atomic E-state index is 0.0880. The quantitative estimate of drug-likeness (QED) is 0.520. The molecule has 114 valence electrons. The van der Waals surface area contributed by atoms with Crippen LogP contribution < -0.4 is 0 Å². The molecule has 1 aliphatic heterocycles. The first kappa shape index (κ1) is 14.2. The zero-order valence-corrected chi connectivity index (χ0v) is 14.2. The molecule has 0 aromatic heterocycles. The third kappa shape index (κ3) is 1.96. The van der Waals surface area contributed by atoms with Crippen LogP contribution in [0.2, 0.25) is 0 Å². The summed E-state index contributed by atoms with van der Waals surface area (Å²) < 4.78 is 2.32. The van der Waals surface area contributed by atoms with Crippen molar-refractivity contribution in [3.63, 3.8) is 0 Å². The van der Waals surface area contributed by atoms with Gasteiger partial charge < -0.3 is 0 Å². The van der Waals surface area contributed by atoms with Crippen molar-refractivity contribution in [2.45, 2.75) is 26.2 Å². The maximum absolute atomic E-state index is 2.38. The van der Waals surface area contributed by atoms with Gasteiger partial charge >= 0.3 is 0 Å². The lowest BCUT2D eigenvalue weighted by atomic mass is 9.81. The first-order valence-electron chi connectivity index (χ1n) is 8.20. The molecule has 0 bridgehead atoms. The number of rotatable bonds is 1. The Morgan fingerprint density at radius 3 is 2.43 bits per heavy atom. The Bertz CT molecular complexity index is 955. The van der Waals surface area contributed by atoms with Gasteiger partial charge in [-0.1, -0.05) is 42.5 Å². The summed E-state index contributed by atoms with van der Waals surface area (Å²) in [4.78, 5) is 0. The lowest BCUT2D eigenvalue weighted by Gasteiger charge is -2.16. The molecule has 1 nitrogen and oxygen atoms in total. The molecule has 0 spiro atoms. The van der Waals surface area contributed by atoms with Gasteiger partial charge in [0.25, 0.3) is 0 Å². The predicted molar refractivity (Wildman–Crippen MR) is 98.9 cm³/mol. The van der Waals surface area contributed by atoms with E-state index in [9.17, 15) is 0 Å². The van der Waals surface area contributed by atoms with Crippen LogP contribution in [0.25, 0.3) is 21.9 Å². The highest BCUT2D eigenvalue weighted by atomic mass is 15.0. The van der Waals surface area contributed by atoms with Crippen molar-refractivity contribution in [2.24, 2.45) is 0 Å². The zero-order valence-electron chi connectivity index (χ0n) is 14.2. The largest absolute Gasteiger partial charge is 0.209 e. The molecule has 4 rings (SSSR count). The van der Waals surface area contributed by atoms with Crippen LogP contribution >= 0.6 is 0 Å². The fourth-order valence-corrected chi connectivity index (χ4v) is 3.77. The van der Waals surface area contributed by atoms with Gasteiger partial charge in [0.15, 0.2) is 5.71 Å². The molecule has 1 heterocycles. The molecule has 3 aromatic carbocycles. The topological polar surface area (TPSA) is 3.01 Å².